The Hall–Kier alpha value is -2.15. The number of hydrogen-bond donors (Lipinski definition) is 0. The molecule has 150 valence electrons. The highest BCUT2D eigenvalue weighted by atomic mass is 32.2. The monoisotopic (exact) mass is 424 g/mol. The van der Waals surface area contributed by atoms with Gasteiger partial charge in [0.1, 0.15) is 5.03 Å². The van der Waals surface area contributed by atoms with Crippen LogP contribution in [0.5, 0.6) is 0 Å². The number of pyridine rings is 1. The van der Waals surface area contributed by atoms with Crippen LogP contribution in [0.3, 0.4) is 0 Å². The van der Waals surface area contributed by atoms with Crippen molar-refractivity contribution >= 4 is 21.8 Å². The topological polar surface area (TPSA) is 50.3 Å². The predicted molar refractivity (Wildman–Crippen MR) is 116 cm³/mol. The van der Waals surface area contributed by atoms with Gasteiger partial charge >= 0.3 is 0 Å². The van der Waals surface area contributed by atoms with E-state index >= 15 is 0 Å². The molecule has 29 heavy (non-hydrogen) atoms. The number of aromatic nitrogens is 1. The zero-order valence-corrected chi connectivity index (χ0v) is 18.0. The molecule has 0 radical (unpaired) electrons. The molecule has 1 aliphatic heterocycles. The van der Waals surface area contributed by atoms with Crippen LogP contribution in [0.15, 0.2) is 87.7 Å². The summed E-state index contributed by atoms with van der Waals surface area (Å²) in [5.41, 5.74) is 2.03. The van der Waals surface area contributed by atoms with E-state index < -0.39 is 10.0 Å². The van der Waals surface area contributed by atoms with E-state index in [9.17, 15) is 8.42 Å². The molecule has 4 nitrogen and oxygen atoms in total. The Morgan fingerprint density at radius 3 is 2.48 bits per heavy atom. The Balaban J connectivity index is 1.71. The Labute approximate surface area is 177 Å². The van der Waals surface area contributed by atoms with Crippen molar-refractivity contribution in [1.29, 1.82) is 0 Å². The van der Waals surface area contributed by atoms with Crippen LogP contribution in [0.4, 0.5) is 0 Å². The summed E-state index contributed by atoms with van der Waals surface area (Å²) >= 11 is 1.59. The summed E-state index contributed by atoms with van der Waals surface area (Å²) in [6, 6.07) is 20.9. The quantitative estimate of drug-likeness (QED) is 0.546. The van der Waals surface area contributed by atoms with Crippen molar-refractivity contribution in [2.45, 2.75) is 47.0 Å². The maximum absolute atomic E-state index is 13.5. The third-order valence-electron chi connectivity index (χ3n) is 5.20. The van der Waals surface area contributed by atoms with Gasteiger partial charge in [0.05, 0.1) is 10.9 Å². The van der Waals surface area contributed by atoms with Crippen molar-refractivity contribution < 1.29 is 8.42 Å². The lowest BCUT2D eigenvalue weighted by Crippen LogP contribution is -2.38. The molecular weight excluding hydrogens is 400 g/mol. The Kier molecular flexibility index (Phi) is 6.04. The lowest BCUT2D eigenvalue weighted by Gasteiger charge is -2.35. The van der Waals surface area contributed by atoms with Crippen LogP contribution in [0.25, 0.3) is 0 Å². The molecule has 0 bridgehead atoms. The van der Waals surface area contributed by atoms with E-state index in [2.05, 4.69) is 4.98 Å². The van der Waals surface area contributed by atoms with Crippen LogP contribution >= 0.6 is 11.8 Å². The van der Waals surface area contributed by atoms with Gasteiger partial charge in [0, 0.05) is 23.2 Å². The third-order valence-corrected chi connectivity index (χ3v) is 8.16. The molecule has 1 aromatic heterocycles. The molecule has 1 saturated heterocycles. The molecule has 0 amide bonds. The minimum atomic E-state index is -3.57. The maximum atomic E-state index is 13.5. The summed E-state index contributed by atoms with van der Waals surface area (Å²) in [5.74, 6) is 0. The average molecular weight is 425 g/mol. The summed E-state index contributed by atoms with van der Waals surface area (Å²) in [5, 5.41) is 0.870. The highest BCUT2D eigenvalue weighted by Crippen LogP contribution is 2.40. The van der Waals surface area contributed by atoms with Crippen LogP contribution in [0.1, 0.15) is 36.4 Å². The molecule has 6 heteroatoms. The van der Waals surface area contributed by atoms with E-state index in [-0.39, 0.29) is 6.04 Å². The minimum absolute atomic E-state index is 0.199. The first-order valence-electron chi connectivity index (χ1n) is 9.82. The van der Waals surface area contributed by atoms with Crippen LogP contribution in [-0.2, 0) is 10.0 Å². The average Bonchev–Trinajstić information content (AvgIpc) is 2.75. The van der Waals surface area contributed by atoms with Crippen molar-refractivity contribution in [1.82, 2.24) is 9.29 Å². The summed E-state index contributed by atoms with van der Waals surface area (Å²) in [4.78, 5) is 6.04. The van der Waals surface area contributed by atoms with Crippen molar-refractivity contribution in [3.63, 3.8) is 0 Å². The fourth-order valence-corrected chi connectivity index (χ4v) is 6.32. The van der Waals surface area contributed by atoms with Crippen molar-refractivity contribution in [3.05, 3.63) is 84.1 Å². The standard InChI is InChI=1S/C23H24N2O2S2/c1-18-12-14-20(15-13-18)29(26,27)25-17-6-5-11-22(25)21-10-7-16-24-23(21)28-19-8-3-2-4-9-19/h2-4,7-10,12-16,22H,5-6,11,17H2,1H3/t22-/m0/s1. The lowest BCUT2D eigenvalue weighted by atomic mass is 9.99. The van der Waals surface area contributed by atoms with E-state index in [1.54, 1.807) is 34.4 Å². The fourth-order valence-electron chi connectivity index (χ4n) is 3.69. The molecular formula is C23H24N2O2S2. The van der Waals surface area contributed by atoms with E-state index in [0.717, 1.165) is 40.3 Å². The van der Waals surface area contributed by atoms with E-state index in [0.29, 0.717) is 11.4 Å². The molecule has 4 rings (SSSR count). The predicted octanol–water partition coefficient (Wildman–Crippen LogP) is 5.46. The highest BCUT2D eigenvalue weighted by Gasteiger charge is 2.35. The molecule has 2 heterocycles. The SMILES string of the molecule is Cc1ccc(S(=O)(=O)N2CCCC[C@H]2c2cccnc2Sc2ccccc2)cc1. The number of aryl methyl sites for hydroxylation is 1. The summed E-state index contributed by atoms with van der Waals surface area (Å²) in [6.07, 6.45) is 4.47. The van der Waals surface area contributed by atoms with E-state index in [4.69, 9.17) is 0 Å². The number of nitrogens with zero attached hydrogens (tertiary/aromatic N) is 2. The third kappa shape index (κ3) is 4.39. The Morgan fingerprint density at radius 2 is 1.72 bits per heavy atom. The van der Waals surface area contributed by atoms with Gasteiger partial charge in [-0.25, -0.2) is 13.4 Å². The highest BCUT2D eigenvalue weighted by molar-refractivity contribution is 7.99. The number of hydrogen-bond acceptors (Lipinski definition) is 4. The van der Waals surface area contributed by atoms with Crippen molar-refractivity contribution in [2.24, 2.45) is 0 Å². The molecule has 2 aromatic carbocycles. The van der Waals surface area contributed by atoms with Gasteiger partial charge < -0.3 is 0 Å². The number of benzene rings is 2. The smallest absolute Gasteiger partial charge is 0.243 e. The summed E-state index contributed by atoms with van der Waals surface area (Å²) < 4.78 is 28.6. The molecule has 1 aliphatic rings. The largest absolute Gasteiger partial charge is 0.249 e. The normalized spacial score (nSPS) is 17.9. The molecule has 1 fully saturated rings. The second-order valence-electron chi connectivity index (χ2n) is 7.25. The first-order chi connectivity index (χ1) is 14.1. The van der Waals surface area contributed by atoms with Crippen LogP contribution in [0, 0.1) is 6.92 Å². The van der Waals surface area contributed by atoms with Crippen LogP contribution in [-0.4, -0.2) is 24.3 Å². The minimum Gasteiger partial charge on any atom is -0.249 e. The van der Waals surface area contributed by atoms with E-state index in [1.165, 1.54) is 0 Å². The molecule has 1 atom stereocenters. The first kappa shape index (κ1) is 20.1. The van der Waals surface area contributed by atoms with E-state index in [1.807, 2.05) is 61.5 Å². The van der Waals surface area contributed by atoms with Gasteiger partial charge in [0.25, 0.3) is 0 Å². The number of sulfonamides is 1. The lowest BCUT2D eigenvalue weighted by molar-refractivity contribution is 0.252. The van der Waals surface area contributed by atoms with Gasteiger partial charge in [-0.05, 0) is 50.1 Å². The fraction of sp³-hybridized carbons (Fsp3) is 0.261. The van der Waals surface area contributed by atoms with Crippen LogP contribution < -0.4 is 0 Å². The second kappa shape index (κ2) is 8.69. The van der Waals surface area contributed by atoms with Gasteiger partial charge in [-0.3, -0.25) is 0 Å². The second-order valence-corrected chi connectivity index (χ2v) is 10.2. The zero-order chi connectivity index (χ0) is 20.3. The summed E-state index contributed by atoms with van der Waals surface area (Å²) in [7, 11) is -3.57. The van der Waals surface area contributed by atoms with Gasteiger partial charge in [-0.2, -0.15) is 4.31 Å². The van der Waals surface area contributed by atoms with Crippen molar-refractivity contribution in [3.8, 4) is 0 Å². The van der Waals surface area contributed by atoms with Gasteiger partial charge in [-0.15, -0.1) is 0 Å². The molecule has 3 aromatic rings. The molecule has 0 saturated carbocycles. The zero-order valence-electron chi connectivity index (χ0n) is 16.4. The molecule has 0 N–H and O–H groups in total. The Bertz CT molecular complexity index is 1070. The van der Waals surface area contributed by atoms with Gasteiger partial charge in [0.2, 0.25) is 10.0 Å². The molecule has 0 spiro atoms. The number of piperidine rings is 1. The van der Waals surface area contributed by atoms with Gasteiger partial charge in [0.15, 0.2) is 0 Å². The summed E-state index contributed by atoms with van der Waals surface area (Å²) in [6.45, 7) is 2.49. The number of rotatable bonds is 5. The first-order valence-corrected chi connectivity index (χ1v) is 12.1. The maximum Gasteiger partial charge on any atom is 0.243 e. The van der Waals surface area contributed by atoms with Gasteiger partial charge in [-0.1, -0.05) is 60.1 Å². The molecule has 0 unspecified atom stereocenters. The Morgan fingerprint density at radius 1 is 0.966 bits per heavy atom. The van der Waals surface area contributed by atoms with Crippen molar-refractivity contribution in [2.75, 3.05) is 6.54 Å². The molecule has 0 aliphatic carbocycles. The van der Waals surface area contributed by atoms with Crippen LogP contribution in [0.2, 0.25) is 0 Å².